The fraction of sp³-hybridized carbons (Fsp3) is 0.560. The van der Waals surface area contributed by atoms with Gasteiger partial charge in [-0.25, -0.2) is 8.42 Å². The van der Waals surface area contributed by atoms with Crippen molar-refractivity contribution >= 4 is 10.0 Å². The molecule has 0 aliphatic carbocycles. The van der Waals surface area contributed by atoms with Gasteiger partial charge in [0.05, 0.1) is 4.90 Å². The summed E-state index contributed by atoms with van der Waals surface area (Å²) in [6, 6.07) is 6.34. The van der Waals surface area contributed by atoms with E-state index in [9.17, 15) is 8.42 Å². The average molecular weight is 458 g/mol. The van der Waals surface area contributed by atoms with Gasteiger partial charge in [-0.2, -0.15) is 4.31 Å². The average Bonchev–Trinajstić information content (AvgIpc) is 2.79. The van der Waals surface area contributed by atoms with Crippen molar-refractivity contribution in [1.82, 2.24) is 14.2 Å². The summed E-state index contributed by atoms with van der Waals surface area (Å²) in [6.45, 7) is 11.0. The van der Waals surface area contributed by atoms with E-state index in [-0.39, 0.29) is 6.10 Å². The molecular formula is C25H35N3O3S. The number of piperidine rings is 2. The molecule has 1 aromatic heterocycles. The van der Waals surface area contributed by atoms with E-state index >= 15 is 0 Å². The van der Waals surface area contributed by atoms with E-state index < -0.39 is 10.0 Å². The molecule has 3 heterocycles. The Morgan fingerprint density at radius 2 is 1.44 bits per heavy atom. The Kier molecular flexibility index (Phi) is 6.89. The number of rotatable bonds is 5. The van der Waals surface area contributed by atoms with Gasteiger partial charge in [-0.3, -0.25) is 4.98 Å². The molecule has 0 spiro atoms. The second kappa shape index (κ2) is 9.49. The minimum absolute atomic E-state index is 0.240. The number of sulfonamides is 1. The first kappa shape index (κ1) is 23.2. The molecule has 174 valence electrons. The molecule has 0 bridgehead atoms. The molecule has 0 radical (unpaired) electrons. The topological polar surface area (TPSA) is 62.7 Å². The van der Waals surface area contributed by atoms with Crippen LogP contribution in [0.25, 0.3) is 0 Å². The smallest absolute Gasteiger partial charge is 0.243 e. The Morgan fingerprint density at radius 1 is 0.875 bits per heavy atom. The van der Waals surface area contributed by atoms with E-state index in [4.69, 9.17) is 4.74 Å². The second-order valence-corrected chi connectivity index (χ2v) is 11.1. The van der Waals surface area contributed by atoms with Gasteiger partial charge >= 0.3 is 0 Å². The number of hydrogen-bond acceptors (Lipinski definition) is 5. The third-order valence-electron chi connectivity index (χ3n) is 7.26. The number of nitrogens with zero attached hydrogens (tertiary/aromatic N) is 3. The van der Waals surface area contributed by atoms with E-state index in [0.717, 1.165) is 66.8 Å². The van der Waals surface area contributed by atoms with Crippen molar-refractivity contribution in [3.63, 3.8) is 0 Å². The lowest BCUT2D eigenvalue weighted by Gasteiger charge is -2.41. The lowest BCUT2D eigenvalue weighted by Crippen LogP contribution is -2.50. The summed E-state index contributed by atoms with van der Waals surface area (Å²) < 4.78 is 34.8. The van der Waals surface area contributed by atoms with Gasteiger partial charge < -0.3 is 9.64 Å². The zero-order valence-electron chi connectivity index (χ0n) is 19.7. The number of benzene rings is 1. The minimum atomic E-state index is -3.48. The molecule has 0 atom stereocenters. The monoisotopic (exact) mass is 457 g/mol. The molecule has 2 saturated heterocycles. The van der Waals surface area contributed by atoms with E-state index in [0.29, 0.717) is 24.0 Å². The summed E-state index contributed by atoms with van der Waals surface area (Å²) in [5.41, 5.74) is 3.84. The van der Waals surface area contributed by atoms with Crippen LogP contribution in [-0.2, 0) is 10.0 Å². The predicted molar refractivity (Wildman–Crippen MR) is 127 cm³/mol. The van der Waals surface area contributed by atoms with E-state index in [2.05, 4.69) is 16.0 Å². The number of aryl methyl sites for hydroxylation is 2. The van der Waals surface area contributed by atoms with Crippen LogP contribution in [0.5, 0.6) is 5.75 Å². The summed E-state index contributed by atoms with van der Waals surface area (Å²) in [5, 5.41) is 0. The molecule has 1 aromatic carbocycles. The highest BCUT2D eigenvalue weighted by Crippen LogP contribution is 2.31. The van der Waals surface area contributed by atoms with Gasteiger partial charge in [0.1, 0.15) is 11.9 Å². The zero-order chi connectivity index (χ0) is 22.9. The zero-order valence-corrected chi connectivity index (χ0v) is 20.5. The molecule has 32 heavy (non-hydrogen) atoms. The largest absolute Gasteiger partial charge is 0.490 e. The second-order valence-electron chi connectivity index (χ2n) is 9.26. The molecule has 2 aliphatic heterocycles. The third-order valence-corrected chi connectivity index (χ3v) is 9.44. The number of ether oxygens (including phenoxy) is 1. The van der Waals surface area contributed by atoms with Gasteiger partial charge in [0.15, 0.2) is 0 Å². The first-order valence-electron chi connectivity index (χ1n) is 11.7. The van der Waals surface area contributed by atoms with Crippen molar-refractivity contribution < 1.29 is 13.2 Å². The Hall–Kier alpha value is -1.96. The molecule has 7 heteroatoms. The Morgan fingerprint density at radius 3 is 2.00 bits per heavy atom. The fourth-order valence-electron chi connectivity index (χ4n) is 5.11. The van der Waals surface area contributed by atoms with Gasteiger partial charge in [0, 0.05) is 44.6 Å². The van der Waals surface area contributed by atoms with Crippen molar-refractivity contribution in [2.45, 2.75) is 70.4 Å². The van der Waals surface area contributed by atoms with Crippen molar-refractivity contribution in [1.29, 1.82) is 0 Å². The highest BCUT2D eigenvalue weighted by Gasteiger charge is 2.35. The van der Waals surface area contributed by atoms with Crippen molar-refractivity contribution in [3.05, 3.63) is 52.8 Å². The normalized spacial score (nSPS) is 19.9. The first-order chi connectivity index (χ1) is 15.3. The van der Waals surface area contributed by atoms with Crippen LogP contribution in [0.4, 0.5) is 0 Å². The number of aromatic nitrogens is 1. The number of pyridine rings is 1. The number of hydrogen-bond donors (Lipinski definition) is 0. The van der Waals surface area contributed by atoms with Crippen LogP contribution < -0.4 is 4.74 Å². The standard InChI is InChI=1S/C25H35N3O3S/c1-18-17-19(2)21(4)25(20(18)3)32(29,30)28-15-7-22(8-16-28)27-13-9-24(10-14-27)31-23-5-11-26-12-6-23/h5-6,11-12,17,22,24H,7-10,13-16H2,1-4H3. The summed E-state index contributed by atoms with van der Waals surface area (Å²) in [5.74, 6) is 0.883. The molecule has 0 amide bonds. The van der Waals surface area contributed by atoms with Crippen LogP contribution in [0.1, 0.15) is 47.9 Å². The van der Waals surface area contributed by atoms with Gasteiger partial charge in [-0.05, 0) is 87.8 Å². The van der Waals surface area contributed by atoms with Crippen LogP contribution in [0.3, 0.4) is 0 Å². The van der Waals surface area contributed by atoms with Gasteiger partial charge in [-0.1, -0.05) is 6.07 Å². The highest BCUT2D eigenvalue weighted by atomic mass is 32.2. The molecule has 2 fully saturated rings. The summed E-state index contributed by atoms with van der Waals surface area (Å²) in [4.78, 5) is 7.08. The lowest BCUT2D eigenvalue weighted by atomic mass is 10.00. The Bertz CT molecular complexity index is 1010. The van der Waals surface area contributed by atoms with Crippen LogP contribution >= 0.6 is 0 Å². The summed E-state index contributed by atoms with van der Waals surface area (Å²) in [7, 11) is -3.48. The molecule has 0 unspecified atom stereocenters. The summed E-state index contributed by atoms with van der Waals surface area (Å²) >= 11 is 0. The molecule has 4 rings (SSSR count). The van der Waals surface area contributed by atoms with Crippen LogP contribution in [0, 0.1) is 27.7 Å². The van der Waals surface area contributed by atoms with Crippen molar-refractivity contribution in [2.75, 3.05) is 26.2 Å². The molecule has 6 nitrogen and oxygen atoms in total. The van der Waals surface area contributed by atoms with Crippen molar-refractivity contribution in [2.24, 2.45) is 0 Å². The van der Waals surface area contributed by atoms with Crippen LogP contribution in [-0.4, -0.2) is 60.9 Å². The van der Waals surface area contributed by atoms with Crippen molar-refractivity contribution in [3.8, 4) is 5.75 Å². The molecule has 0 N–H and O–H groups in total. The quantitative estimate of drug-likeness (QED) is 0.679. The molecule has 2 aromatic rings. The predicted octanol–water partition coefficient (Wildman–Crippen LogP) is 4.01. The van der Waals surface area contributed by atoms with Crippen LogP contribution in [0.2, 0.25) is 0 Å². The van der Waals surface area contributed by atoms with E-state index in [1.807, 2.05) is 39.8 Å². The van der Waals surface area contributed by atoms with Gasteiger partial charge in [0.25, 0.3) is 0 Å². The highest BCUT2D eigenvalue weighted by molar-refractivity contribution is 7.89. The van der Waals surface area contributed by atoms with Gasteiger partial charge in [0.2, 0.25) is 10.0 Å². The molecule has 0 saturated carbocycles. The maximum absolute atomic E-state index is 13.5. The summed E-state index contributed by atoms with van der Waals surface area (Å²) in [6.07, 6.45) is 7.53. The fourth-order valence-corrected chi connectivity index (χ4v) is 7.16. The van der Waals surface area contributed by atoms with Crippen LogP contribution in [0.15, 0.2) is 35.5 Å². The minimum Gasteiger partial charge on any atom is -0.490 e. The SMILES string of the molecule is Cc1cc(C)c(C)c(S(=O)(=O)N2CCC(N3CCC(Oc4ccncc4)CC3)CC2)c1C. The number of likely N-dealkylation sites (tertiary alicyclic amines) is 1. The van der Waals surface area contributed by atoms with Gasteiger partial charge in [-0.15, -0.1) is 0 Å². The molecule has 2 aliphatic rings. The Balaban J connectivity index is 1.35. The first-order valence-corrected chi connectivity index (χ1v) is 13.1. The maximum atomic E-state index is 13.5. The van der Waals surface area contributed by atoms with E-state index in [1.165, 1.54) is 0 Å². The molecular weight excluding hydrogens is 422 g/mol. The lowest BCUT2D eigenvalue weighted by molar-refractivity contribution is 0.0585. The maximum Gasteiger partial charge on any atom is 0.243 e. The van der Waals surface area contributed by atoms with E-state index in [1.54, 1.807) is 16.7 Å². The third kappa shape index (κ3) is 4.70. The Labute approximate surface area is 192 Å².